The van der Waals surface area contributed by atoms with Gasteiger partial charge in [0.2, 0.25) is 0 Å². The Hall–Kier alpha value is -3.46. The third kappa shape index (κ3) is 3.77. The largest absolute Gasteiger partial charge is 0.344 e. The Balaban J connectivity index is 2.22. The summed E-state index contributed by atoms with van der Waals surface area (Å²) in [4.78, 5) is 51.5. The summed E-state index contributed by atoms with van der Waals surface area (Å²) in [6, 6.07) is 9.50. The third-order valence-corrected chi connectivity index (χ3v) is 5.32. The first-order valence-corrected chi connectivity index (χ1v) is 9.71. The molecule has 29 heavy (non-hydrogen) atoms. The van der Waals surface area contributed by atoms with Crippen molar-refractivity contribution in [2.75, 3.05) is 14.1 Å². The predicted octanol–water partition coefficient (Wildman–Crippen LogP) is 2.51. The van der Waals surface area contributed by atoms with Crippen molar-refractivity contribution in [3.63, 3.8) is 0 Å². The quantitative estimate of drug-likeness (QED) is 0.741. The molecule has 150 valence electrons. The summed E-state index contributed by atoms with van der Waals surface area (Å²) in [5.74, 6) is -1.40. The maximum absolute atomic E-state index is 13.3. The van der Waals surface area contributed by atoms with Crippen LogP contribution in [-0.4, -0.2) is 48.0 Å². The van der Waals surface area contributed by atoms with Gasteiger partial charge in [-0.25, -0.2) is 9.59 Å². The van der Waals surface area contributed by atoms with E-state index in [1.54, 1.807) is 0 Å². The average Bonchev–Trinajstić information content (AvgIpc) is 3.24. The molecule has 1 aliphatic rings. The van der Waals surface area contributed by atoms with Crippen LogP contribution in [0.3, 0.4) is 0 Å². The van der Waals surface area contributed by atoms with Crippen LogP contribution >= 0.6 is 11.3 Å². The third-order valence-electron chi connectivity index (χ3n) is 4.44. The lowest BCUT2D eigenvalue weighted by molar-refractivity contribution is -0.153. The maximum Gasteiger partial charge on any atom is 0.344 e. The van der Waals surface area contributed by atoms with Gasteiger partial charge in [-0.2, -0.15) is 10.0 Å². The van der Waals surface area contributed by atoms with E-state index in [4.69, 9.17) is 0 Å². The van der Waals surface area contributed by atoms with Gasteiger partial charge in [-0.3, -0.25) is 9.59 Å². The maximum atomic E-state index is 13.3. The van der Waals surface area contributed by atoms with E-state index in [1.165, 1.54) is 25.4 Å². The number of amides is 6. The first-order valence-electron chi connectivity index (χ1n) is 8.83. The highest BCUT2D eigenvalue weighted by molar-refractivity contribution is 7.11. The zero-order valence-electron chi connectivity index (χ0n) is 16.2. The van der Waals surface area contributed by atoms with Crippen LogP contribution in [0, 0.1) is 6.92 Å². The number of rotatable bonds is 2. The standard InChI is InChI=1S/C20H20N4O4S/c1-12-6-8-13(9-7-12)17(15-5-4-10-29-15)14-11-16(25)23(19(27)21-2)24(18(14)26)20(28)22-3/h4-10H,11H2,1-3H3,(H,21,27)(H,22,28)/b17-14+. The number of imide groups is 2. The lowest BCUT2D eigenvalue weighted by Crippen LogP contribution is -2.62. The Morgan fingerprint density at radius 1 is 0.966 bits per heavy atom. The minimum atomic E-state index is -0.876. The number of benzene rings is 1. The Kier molecular flexibility index (Phi) is 5.79. The SMILES string of the molecule is CNC(=O)N1C(=O)C/C(=C(/c2ccc(C)cc2)c2cccs2)C(=O)N1C(=O)NC. The molecule has 2 aromatic rings. The number of urea groups is 2. The van der Waals surface area contributed by atoms with E-state index >= 15 is 0 Å². The van der Waals surface area contributed by atoms with Crippen molar-refractivity contribution in [2.24, 2.45) is 0 Å². The first kappa shape index (κ1) is 20.3. The van der Waals surface area contributed by atoms with Crippen molar-refractivity contribution in [2.45, 2.75) is 13.3 Å². The van der Waals surface area contributed by atoms with Crippen LogP contribution in [-0.2, 0) is 9.59 Å². The number of hydrogen-bond donors (Lipinski definition) is 2. The molecule has 0 unspecified atom stereocenters. The molecule has 2 heterocycles. The van der Waals surface area contributed by atoms with Gasteiger partial charge in [-0.05, 0) is 23.9 Å². The molecule has 9 heteroatoms. The molecule has 1 saturated heterocycles. The van der Waals surface area contributed by atoms with Crippen molar-refractivity contribution in [1.82, 2.24) is 20.7 Å². The second-order valence-corrected chi connectivity index (χ2v) is 7.25. The average molecular weight is 412 g/mol. The topological polar surface area (TPSA) is 98.8 Å². The lowest BCUT2D eigenvalue weighted by Gasteiger charge is -2.35. The molecule has 0 atom stereocenters. The van der Waals surface area contributed by atoms with E-state index in [0.29, 0.717) is 15.6 Å². The summed E-state index contributed by atoms with van der Waals surface area (Å²) in [7, 11) is 2.64. The summed E-state index contributed by atoms with van der Waals surface area (Å²) in [6.07, 6.45) is -0.305. The van der Waals surface area contributed by atoms with Crippen LogP contribution in [0.5, 0.6) is 0 Å². The van der Waals surface area contributed by atoms with Crippen molar-refractivity contribution in [3.8, 4) is 0 Å². The van der Waals surface area contributed by atoms with Gasteiger partial charge in [-0.15, -0.1) is 11.3 Å². The van der Waals surface area contributed by atoms with E-state index < -0.39 is 23.9 Å². The van der Waals surface area contributed by atoms with Gasteiger partial charge in [0.1, 0.15) is 0 Å². The molecule has 3 rings (SSSR count). The van der Waals surface area contributed by atoms with Crippen molar-refractivity contribution in [1.29, 1.82) is 0 Å². The molecular formula is C20H20N4O4S. The highest BCUT2D eigenvalue weighted by Gasteiger charge is 2.44. The molecule has 8 nitrogen and oxygen atoms in total. The van der Waals surface area contributed by atoms with Gasteiger partial charge in [0.05, 0.1) is 6.42 Å². The van der Waals surface area contributed by atoms with Crippen LogP contribution in [0.2, 0.25) is 0 Å². The predicted molar refractivity (Wildman–Crippen MR) is 109 cm³/mol. The van der Waals surface area contributed by atoms with Crippen LogP contribution in [0.4, 0.5) is 9.59 Å². The van der Waals surface area contributed by atoms with Gasteiger partial charge in [0.25, 0.3) is 11.8 Å². The Labute approximate surface area is 171 Å². The number of nitrogens with one attached hydrogen (secondary N) is 2. The Morgan fingerprint density at radius 2 is 1.59 bits per heavy atom. The fourth-order valence-electron chi connectivity index (χ4n) is 3.03. The van der Waals surface area contributed by atoms with Crippen LogP contribution in [0.1, 0.15) is 22.4 Å². The summed E-state index contributed by atoms with van der Waals surface area (Å²) in [5, 5.41) is 7.54. The molecule has 6 amide bonds. The van der Waals surface area contributed by atoms with Crippen LogP contribution < -0.4 is 10.6 Å². The van der Waals surface area contributed by atoms with E-state index in [1.807, 2.05) is 48.7 Å². The van der Waals surface area contributed by atoms with E-state index in [9.17, 15) is 19.2 Å². The molecule has 0 spiro atoms. The van der Waals surface area contributed by atoms with Gasteiger partial charge < -0.3 is 10.6 Å². The van der Waals surface area contributed by atoms with Crippen molar-refractivity contribution < 1.29 is 19.2 Å². The number of thiophene rings is 1. The number of nitrogens with zero attached hydrogens (tertiary/aromatic N) is 2. The van der Waals surface area contributed by atoms with Crippen LogP contribution in [0.15, 0.2) is 47.4 Å². The number of hydrazine groups is 1. The molecule has 1 aromatic carbocycles. The van der Waals surface area contributed by atoms with Gasteiger partial charge in [0.15, 0.2) is 0 Å². The van der Waals surface area contributed by atoms with E-state index in [0.717, 1.165) is 16.0 Å². The lowest BCUT2D eigenvalue weighted by atomic mass is 9.93. The smallest absolute Gasteiger partial charge is 0.339 e. The van der Waals surface area contributed by atoms with Gasteiger partial charge in [0, 0.05) is 30.1 Å². The fraction of sp³-hybridized carbons (Fsp3) is 0.200. The second kappa shape index (κ2) is 8.27. The van der Waals surface area contributed by atoms with Crippen molar-refractivity contribution in [3.05, 3.63) is 63.4 Å². The monoisotopic (exact) mass is 412 g/mol. The fourth-order valence-corrected chi connectivity index (χ4v) is 3.85. The van der Waals surface area contributed by atoms with E-state index in [-0.39, 0.29) is 12.0 Å². The molecule has 0 aliphatic carbocycles. The second-order valence-electron chi connectivity index (χ2n) is 6.31. The number of aryl methyl sites for hydroxylation is 1. The highest BCUT2D eigenvalue weighted by atomic mass is 32.1. The zero-order chi connectivity index (χ0) is 21.1. The minimum absolute atomic E-state index is 0.157. The van der Waals surface area contributed by atoms with Crippen LogP contribution in [0.25, 0.3) is 5.57 Å². The molecule has 1 aliphatic heterocycles. The minimum Gasteiger partial charge on any atom is -0.339 e. The first-order chi connectivity index (χ1) is 13.9. The molecule has 1 aromatic heterocycles. The summed E-state index contributed by atoms with van der Waals surface area (Å²) in [6.45, 7) is 1.95. The zero-order valence-corrected chi connectivity index (χ0v) is 17.0. The van der Waals surface area contributed by atoms with E-state index in [2.05, 4.69) is 10.6 Å². The molecule has 0 saturated carbocycles. The molecule has 0 radical (unpaired) electrons. The van der Waals surface area contributed by atoms with Gasteiger partial charge in [-0.1, -0.05) is 35.9 Å². The Morgan fingerprint density at radius 3 is 2.14 bits per heavy atom. The molecule has 0 bridgehead atoms. The molecular weight excluding hydrogens is 392 g/mol. The number of carbonyl (C=O) groups excluding carboxylic acids is 4. The molecule has 2 N–H and O–H groups in total. The normalized spacial score (nSPS) is 16.0. The highest BCUT2D eigenvalue weighted by Crippen LogP contribution is 2.35. The molecule has 1 fully saturated rings. The summed E-state index contributed by atoms with van der Waals surface area (Å²) >= 11 is 1.42. The van der Waals surface area contributed by atoms with Gasteiger partial charge >= 0.3 is 12.1 Å². The number of hydrogen-bond acceptors (Lipinski definition) is 5. The summed E-state index contributed by atoms with van der Waals surface area (Å²) in [5.41, 5.74) is 2.53. The Bertz CT molecular complexity index is 996. The number of carbonyl (C=O) groups is 4. The summed E-state index contributed by atoms with van der Waals surface area (Å²) < 4.78 is 0. The van der Waals surface area contributed by atoms with Crippen molar-refractivity contribution >= 4 is 40.8 Å².